The van der Waals surface area contributed by atoms with Crippen molar-refractivity contribution in [1.82, 2.24) is 0 Å². The maximum atomic E-state index is 3.06. The normalized spacial score (nSPS) is 21.4. The molecule has 0 fully saturated rings. The van der Waals surface area contributed by atoms with Gasteiger partial charge in [0, 0.05) is 0 Å². The Kier molecular flexibility index (Phi) is 17.4. The molecule has 6 aliphatic carbocycles. The van der Waals surface area contributed by atoms with Crippen molar-refractivity contribution in [1.29, 1.82) is 0 Å². The molecule has 0 bridgehead atoms. The average molecular weight is 773 g/mol. The second-order valence-corrected chi connectivity index (χ2v) is 13.9. The molecule has 3 aromatic rings. The van der Waals surface area contributed by atoms with Gasteiger partial charge in [-0.2, -0.15) is 11.1 Å². The van der Waals surface area contributed by atoms with E-state index >= 15 is 0 Å². The van der Waals surface area contributed by atoms with Crippen LogP contribution in [-0.4, -0.2) is 6.88 Å². The molecule has 0 saturated carbocycles. The van der Waals surface area contributed by atoms with E-state index in [2.05, 4.69) is 113 Å². The first-order valence-corrected chi connectivity index (χ1v) is 21.0. The molecule has 0 heterocycles. The molecule has 9 rings (SSSR count). The monoisotopic (exact) mass is 770 g/mol. The molecule has 0 nitrogen and oxygen atoms in total. The molecule has 4 heteroatoms. The second-order valence-electron chi connectivity index (χ2n) is 13.9. The first kappa shape index (κ1) is 42.5. The number of allylic oxidation sites excluding steroid dienone is 6. The molecule has 0 N–H and O–H groups in total. The van der Waals surface area contributed by atoms with E-state index in [1.807, 2.05) is 0 Å². The van der Waals surface area contributed by atoms with Crippen molar-refractivity contribution < 1.29 is 23.3 Å². The van der Waals surface area contributed by atoms with Crippen molar-refractivity contribution in [2.75, 3.05) is 0 Å². The molecule has 0 aromatic heterocycles. The summed E-state index contributed by atoms with van der Waals surface area (Å²) < 4.78 is 0. The number of hydrogen-bond acceptors (Lipinski definition) is 0. The Balaban J connectivity index is 0.000000234. The van der Waals surface area contributed by atoms with Crippen LogP contribution in [0.3, 0.4) is 0 Å². The molecule has 3 atom stereocenters. The van der Waals surface area contributed by atoms with E-state index in [-0.39, 0.29) is 39.7 Å². The van der Waals surface area contributed by atoms with E-state index in [9.17, 15) is 0 Å². The predicted molar refractivity (Wildman–Crippen MR) is 213 cm³/mol. The fraction of sp³-hybridized carbons (Fsp3) is 0.364. The van der Waals surface area contributed by atoms with Gasteiger partial charge in [0.05, 0.1) is 0 Å². The number of benzene rings is 3. The second kappa shape index (κ2) is 19.6. The zero-order valence-corrected chi connectivity index (χ0v) is 34.8. The van der Waals surface area contributed by atoms with Gasteiger partial charge in [0.15, 0.2) is 0 Å². The van der Waals surface area contributed by atoms with Crippen LogP contribution in [0.5, 0.6) is 0 Å². The van der Waals surface area contributed by atoms with Crippen LogP contribution in [0.15, 0.2) is 89.5 Å². The van der Waals surface area contributed by atoms with Crippen molar-refractivity contribution in [3.05, 3.63) is 151 Å². The van der Waals surface area contributed by atoms with Crippen LogP contribution in [0.25, 0.3) is 16.7 Å². The molecule has 256 valence electrons. The summed E-state index contributed by atoms with van der Waals surface area (Å²) in [7, 11) is 0. The zero-order valence-electron chi connectivity index (χ0n) is 29.7. The maximum absolute atomic E-state index is 3.06. The molecule has 3 unspecified atom stereocenters. The Hall–Kier alpha value is -1.70. The molecular weight excluding hydrogens is 719 g/mol. The summed E-state index contributed by atoms with van der Waals surface area (Å²) in [6, 6.07) is 26.7. The molecule has 3 aromatic carbocycles. The molecule has 0 amide bonds. The molecule has 0 aliphatic heterocycles. The standard InChI is InChI=1S/C14H16.2C14H15.2CH3.2ClH.Si.Zr/c3*1-10-6-7-12-9-11-4-2-3-5-13(11)14(12)8-10;;;;;;/h2-5,10H,6-9H2,1H3;2*2-5,7,10H,6,8-9H2,1H3;2*1H3;2*1H;;/q;4*-1;;;;. The fourth-order valence-electron chi connectivity index (χ4n) is 8.19. The number of halogens is 2. The Morgan fingerprint density at radius 2 is 0.917 bits per heavy atom. The molecule has 48 heavy (non-hydrogen) atoms. The summed E-state index contributed by atoms with van der Waals surface area (Å²) in [5, 5.41) is 0. The third kappa shape index (κ3) is 9.34. The minimum absolute atomic E-state index is 0. The SMILES string of the molecule is CC1CCC2=C(C1)c1ccccc1C2.CC1C[CH-]C2=C(C1)c1ccccc1C2.CC1C[CH-]C2=C(C1)c1ccccc1C2.Cl.Cl.[CH3-].[CH3-].[Si]=[Zr]. The van der Waals surface area contributed by atoms with Crippen LogP contribution in [0.2, 0.25) is 0 Å². The summed E-state index contributed by atoms with van der Waals surface area (Å²) in [5.41, 5.74) is 19.1. The fourth-order valence-corrected chi connectivity index (χ4v) is 8.19. The zero-order chi connectivity index (χ0) is 30.6. The average Bonchev–Trinajstić information content (AvgIpc) is 3.73. The van der Waals surface area contributed by atoms with Crippen LogP contribution in [-0.2, 0) is 42.6 Å². The van der Waals surface area contributed by atoms with E-state index in [0.29, 0.717) is 0 Å². The van der Waals surface area contributed by atoms with Gasteiger partial charge in [0.2, 0.25) is 0 Å². The van der Waals surface area contributed by atoms with Gasteiger partial charge >= 0.3 is 30.2 Å². The molecule has 6 aliphatic rings. The number of hydrogen-bond donors (Lipinski definition) is 0. The van der Waals surface area contributed by atoms with Gasteiger partial charge in [0.1, 0.15) is 0 Å². The van der Waals surface area contributed by atoms with Gasteiger partial charge < -0.3 is 14.9 Å². The summed E-state index contributed by atoms with van der Waals surface area (Å²) in [4.78, 5) is 0. The first-order valence-electron chi connectivity index (χ1n) is 16.8. The summed E-state index contributed by atoms with van der Waals surface area (Å²) >= 11 is 1.36. The van der Waals surface area contributed by atoms with E-state index in [4.69, 9.17) is 0 Å². The first-order chi connectivity index (χ1) is 21.5. The van der Waals surface area contributed by atoms with Crippen LogP contribution < -0.4 is 0 Å². The third-order valence-electron chi connectivity index (χ3n) is 10.5. The van der Waals surface area contributed by atoms with Gasteiger partial charge in [0.25, 0.3) is 0 Å². The van der Waals surface area contributed by atoms with Crippen molar-refractivity contribution >= 4 is 48.4 Å². The van der Waals surface area contributed by atoms with Crippen LogP contribution >= 0.6 is 24.8 Å². The van der Waals surface area contributed by atoms with Crippen LogP contribution in [0, 0.1) is 45.4 Å². The van der Waals surface area contributed by atoms with Crippen molar-refractivity contribution in [3.8, 4) is 0 Å². The van der Waals surface area contributed by atoms with Crippen LogP contribution in [0.1, 0.15) is 99.1 Å². The number of fused-ring (bicyclic) bond motifs is 6. The van der Waals surface area contributed by atoms with Crippen molar-refractivity contribution in [2.24, 2.45) is 17.8 Å². The van der Waals surface area contributed by atoms with E-state index < -0.39 is 0 Å². The molecule has 0 spiro atoms. The van der Waals surface area contributed by atoms with Crippen molar-refractivity contribution in [2.45, 2.75) is 85.0 Å². The number of rotatable bonds is 0. The summed E-state index contributed by atoms with van der Waals surface area (Å²) in [5.74, 6) is 2.56. The molecular formula is C44H54Cl2SiZr-4. The Morgan fingerprint density at radius 3 is 1.38 bits per heavy atom. The van der Waals surface area contributed by atoms with E-state index in [1.54, 1.807) is 44.6 Å². The van der Waals surface area contributed by atoms with E-state index in [0.717, 1.165) is 17.8 Å². The third-order valence-corrected chi connectivity index (χ3v) is 10.5. The van der Waals surface area contributed by atoms with E-state index in [1.165, 1.54) is 110 Å². The van der Waals surface area contributed by atoms with Gasteiger partial charge in [-0.3, -0.25) is 0 Å². The Labute approximate surface area is 322 Å². The van der Waals surface area contributed by atoms with Gasteiger partial charge in [-0.25, -0.2) is 24.0 Å². The summed E-state index contributed by atoms with van der Waals surface area (Å²) in [6.45, 7) is 10.1. The Bertz CT molecular complexity index is 1430. The Morgan fingerprint density at radius 1 is 0.542 bits per heavy atom. The van der Waals surface area contributed by atoms with Crippen molar-refractivity contribution in [3.63, 3.8) is 0 Å². The minimum atomic E-state index is 0. The summed E-state index contributed by atoms with van der Waals surface area (Å²) in [6.07, 6.45) is 17.6. The van der Waals surface area contributed by atoms with Gasteiger partial charge in [-0.05, 0) is 61.1 Å². The molecule has 2 radical (unpaired) electrons. The van der Waals surface area contributed by atoms with Gasteiger partial charge in [-0.1, -0.05) is 148 Å². The topological polar surface area (TPSA) is 0 Å². The quantitative estimate of drug-likeness (QED) is 0.158. The predicted octanol–water partition coefficient (Wildman–Crippen LogP) is 12.4. The van der Waals surface area contributed by atoms with Gasteiger partial charge in [-0.15, -0.1) is 35.9 Å². The van der Waals surface area contributed by atoms with Crippen LogP contribution in [0.4, 0.5) is 0 Å². The molecule has 0 saturated heterocycles.